The van der Waals surface area contributed by atoms with Crippen molar-refractivity contribution in [1.82, 2.24) is 10.2 Å². The molecule has 19 heavy (non-hydrogen) atoms. The molecule has 6 heteroatoms. The molecule has 1 aromatic heterocycles. The molecule has 106 valence electrons. The monoisotopic (exact) mass is 284 g/mol. The van der Waals surface area contributed by atoms with E-state index in [0.29, 0.717) is 26.1 Å². The number of carbonyl (C=O) groups is 2. The Bertz CT molecular complexity index is 393. The van der Waals surface area contributed by atoms with Crippen LogP contribution in [0.3, 0.4) is 0 Å². The third kappa shape index (κ3) is 7.58. The molecule has 0 fully saturated rings. The maximum atomic E-state index is 11.6. The fourth-order valence-electron chi connectivity index (χ4n) is 1.66. The quantitative estimate of drug-likeness (QED) is 0.715. The average molecular weight is 284 g/mol. The summed E-state index contributed by atoms with van der Waals surface area (Å²) >= 11 is 1.68. The fourth-order valence-corrected chi connectivity index (χ4v) is 2.37. The Morgan fingerprint density at radius 2 is 2.26 bits per heavy atom. The first-order valence-corrected chi connectivity index (χ1v) is 7.15. The highest BCUT2D eigenvalue weighted by Gasteiger charge is 2.06. The summed E-state index contributed by atoms with van der Waals surface area (Å²) in [6.45, 7) is 1.57. The Kier molecular flexibility index (Phi) is 7.14. The number of likely N-dealkylation sites (N-methyl/N-ethyl adjacent to an activating group) is 1. The molecule has 0 aliphatic rings. The van der Waals surface area contributed by atoms with Crippen LogP contribution in [-0.4, -0.2) is 48.6 Å². The second-order valence-corrected chi connectivity index (χ2v) is 5.45. The minimum atomic E-state index is -0.797. The van der Waals surface area contributed by atoms with E-state index in [0.717, 1.165) is 6.42 Å². The molecule has 2 N–H and O–H groups in total. The van der Waals surface area contributed by atoms with Crippen molar-refractivity contribution in [3.8, 4) is 0 Å². The van der Waals surface area contributed by atoms with Crippen LogP contribution in [0.2, 0.25) is 0 Å². The second-order valence-electron chi connectivity index (χ2n) is 4.41. The lowest BCUT2D eigenvalue weighted by atomic mass is 10.3. The SMILES string of the molecule is CN(CCCC(=O)O)CC(=O)NCCc1cccs1. The molecular weight excluding hydrogens is 264 g/mol. The summed E-state index contributed by atoms with van der Waals surface area (Å²) in [5.41, 5.74) is 0. The Balaban J connectivity index is 2.07. The maximum Gasteiger partial charge on any atom is 0.303 e. The van der Waals surface area contributed by atoms with Gasteiger partial charge in [-0.15, -0.1) is 11.3 Å². The molecule has 0 saturated carbocycles. The lowest BCUT2D eigenvalue weighted by Gasteiger charge is -2.15. The molecule has 0 aromatic carbocycles. The topological polar surface area (TPSA) is 69.6 Å². The Morgan fingerprint density at radius 3 is 2.89 bits per heavy atom. The van der Waals surface area contributed by atoms with Crippen molar-refractivity contribution in [2.75, 3.05) is 26.7 Å². The first-order valence-electron chi connectivity index (χ1n) is 6.27. The van der Waals surface area contributed by atoms with Gasteiger partial charge in [-0.1, -0.05) is 6.07 Å². The molecule has 0 saturated heterocycles. The van der Waals surface area contributed by atoms with E-state index in [1.807, 2.05) is 23.4 Å². The van der Waals surface area contributed by atoms with Crippen molar-refractivity contribution in [2.45, 2.75) is 19.3 Å². The van der Waals surface area contributed by atoms with E-state index in [9.17, 15) is 9.59 Å². The number of nitrogens with zero attached hydrogens (tertiary/aromatic N) is 1. The summed E-state index contributed by atoms with van der Waals surface area (Å²) in [4.78, 5) is 25.1. The van der Waals surface area contributed by atoms with Crippen molar-refractivity contribution in [2.24, 2.45) is 0 Å². The minimum absolute atomic E-state index is 0.0191. The van der Waals surface area contributed by atoms with Crippen molar-refractivity contribution in [3.63, 3.8) is 0 Å². The van der Waals surface area contributed by atoms with Gasteiger partial charge >= 0.3 is 5.97 Å². The van der Waals surface area contributed by atoms with Gasteiger partial charge in [-0.05, 0) is 37.9 Å². The number of nitrogens with one attached hydrogen (secondary N) is 1. The summed E-state index contributed by atoms with van der Waals surface area (Å²) < 4.78 is 0. The van der Waals surface area contributed by atoms with Crippen LogP contribution in [0.25, 0.3) is 0 Å². The van der Waals surface area contributed by atoms with Crippen molar-refractivity contribution in [1.29, 1.82) is 0 Å². The second kappa shape index (κ2) is 8.66. The van der Waals surface area contributed by atoms with Crippen LogP contribution in [0.5, 0.6) is 0 Å². The number of carboxylic acid groups (broad SMARTS) is 1. The lowest BCUT2D eigenvalue weighted by molar-refractivity contribution is -0.137. The van der Waals surface area contributed by atoms with Crippen molar-refractivity contribution >= 4 is 23.2 Å². The molecule has 1 rings (SSSR count). The van der Waals surface area contributed by atoms with Gasteiger partial charge < -0.3 is 10.4 Å². The van der Waals surface area contributed by atoms with Crippen LogP contribution in [-0.2, 0) is 16.0 Å². The summed E-state index contributed by atoms with van der Waals surface area (Å²) in [7, 11) is 1.82. The molecule has 1 heterocycles. The van der Waals surface area contributed by atoms with Gasteiger partial charge in [0, 0.05) is 17.8 Å². The van der Waals surface area contributed by atoms with E-state index in [-0.39, 0.29) is 12.3 Å². The van der Waals surface area contributed by atoms with Crippen LogP contribution in [0.15, 0.2) is 17.5 Å². The highest BCUT2D eigenvalue weighted by atomic mass is 32.1. The van der Waals surface area contributed by atoms with Gasteiger partial charge in [0.15, 0.2) is 0 Å². The number of rotatable bonds is 9. The molecule has 1 amide bonds. The molecule has 0 bridgehead atoms. The summed E-state index contributed by atoms with van der Waals surface area (Å²) in [6, 6.07) is 4.05. The van der Waals surface area contributed by atoms with Crippen molar-refractivity contribution < 1.29 is 14.7 Å². The number of hydrogen-bond donors (Lipinski definition) is 2. The number of carboxylic acids is 1. The molecule has 0 aliphatic carbocycles. The average Bonchev–Trinajstić information content (AvgIpc) is 2.81. The van der Waals surface area contributed by atoms with E-state index in [4.69, 9.17) is 5.11 Å². The maximum absolute atomic E-state index is 11.6. The van der Waals surface area contributed by atoms with Crippen LogP contribution < -0.4 is 5.32 Å². The van der Waals surface area contributed by atoms with E-state index >= 15 is 0 Å². The predicted molar refractivity (Wildman–Crippen MR) is 75.4 cm³/mol. The van der Waals surface area contributed by atoms with E-state index in [1.165, 1.54) is 4.88 Å². The Hall–Kier alpha value is -1.40. The molecule has 0 radical (unpaired) electrons. The third-order valence-corrected chi connectivity index (χ3v) is 3.55. The Labute approximate surface area is 117 Å². The molecule has 0 spiro atoms. The van der Waals surface area contributed by atoms with Crippen LogP contribution in [0.4, 0.5) is 0 Å². The zero-order valence-corrected chi connectivity index (χ0v) is 11.9. The molecule has 1 aromatic rings. The molecule has 0 aliphatic heterocycles. The summed E-state index contributed by atoms with van der Waals surface area (Å²) in [5, 5.41) is 13.4. The largest absolute Gasteiger partial charge is 0.481 e. The summed E-state index contributed by atoms with van der Waals surface area (Å²) in [6.07, 6.45) is 1.56. The van der Waals surface area contributed by atoms with Crippen LogP contribution in [0.1, 0.15) is 17.7 Å². The van der Waals surface area contributed by atoms with Gasteiger partial charge in [0.05, 0.1) is 6.54 Å². The molecule has 0 atom stereocenters. The van der Waals surface area contributed by atoms with Gasteiger partial charge in [-0.2, -0.15) is 0 Å². The number of hydrogen-bond acceptors (Lipinski definition) is 4. The zero-order chi connectivity index (χ0) is 14.1. The number of aliphatic carboxylic acids is 1. The number of carbonyl (C=O) groups excluding carboxylic acids is 1. The van der Waals surface area contributed by atoms with Gasteiger partial charge in [0.25, 0.3) is 0 Å². The van der Waals surface area contributed by atoms with E-state index in [2.05, 4.69) is 11.4 Å². The Morgan fingerprint density at radius 1 is 1.47 bits per heavy atom. The molecule has 5 nitrogen and oxygen atoms in total. The summed E-state index contributed by atoms with van der Waals surface area (Å²) in [5.74, 6) is -0.816. The van der Waals surface area contributed by atoms with Gasteiger partial charge in [-0.3, -0.25) is 14.5 Å². The normalized spacial score (nSPS) is 10.6. The molecule has 0 unspecified atom stereocenters. The van der Waals surface area contributed by atoms with Crippen LogP contribution >= 0.6 is 11.3 Å². The molecular formula is C13H20N2O3S. The number of amides is 1. The highest BCUT2D eigenvalue weighted by molar-refractivity contribution is 7.09. The van der Waals surface area contributed by atoms with E-state index in [1.54, 1.807) is 11.3 Å². The van der Waals surface area contributed by atoms with E-state index < -0.39 is 5.97 Å². The van der Waals surface area contributed by atoms with Gasteiger partial charge in [0.2, 0.25) is 5.91 Å². The van der Waals surface area contributed by atoms with Crippen LogP contribution in [0, 0.1) is 0 Å². The van der Waals surface area contributed by atoms with Crippen molar-refractivity contribution in [3.05, 3.63) is 22.4 Å². The first-order chi connectivity index (χ1) is 9.08. The fraction of sp³-hybridized carbons (Fsp3) is 0.538. The highest BCUT2D eigenvalue weighted by Crippen LogP contribution is 2.07. The standard InChI is InChI=1S/C13H20N2O3S/c1-15(8-2-5-13(17)18)10-12(16)14-7-6-11-4-3-9-19-11/h3-4,9H,2,5-8,10H2,1H3,(H,14,16)(H,17,18). The zero-order valence-electron chi connectivity index (χ0n) is 11.1. The number of thiophene rings is 1. The minimum Gasteiger partial charge on any atom is -0.481 e. The third-order valence-electron chi connectivity index (χ3n) is 2.62. The lowest BCUT2D eigenvalue weighted by Crippen LogP contribution is -2.36. The smallest absolute Gasteiger partial charge is 0.303 e. The van der Waals surface area contributed by atoms with Gasteiger partial charge in [-0.25, -0.2) is 0 Å². The first kappa shape index (κ1) is 15.7. The predicted octanol–water partition coefficient (Wildman–Crippen LogP) is 1.20. The van der Waals surface area contributed by atoms with Gasteiger partial charge in [0.1, 0.15) is 0 Å².